The van der Waals surface area contributed by atoms with Crippen LogP contribution in [0.2, 0.25) is 0 Å². The molecule has 0 saturated carbocycles. The van der Waals surface area contributed by atoms with E-state index in [1.54, 1.807) is 19.1 Å². The zero-order valence-corrected chi connectivity index (χ0v) is 8.79. The van der Waals surface area contributed by atoms with Crippen molar-refractivity contribution in [1.29, 1.82) is 0 Å². The lowest BCUT2D eigenvalue weighted by Gasteiger charge is -2.09. The lowest BCUT2D eigenvalue weighted by Crippen LogP contribution is -2.22. The molecule has 0 aromatic heterocycles. The molecule has 1 atom stereocenters. The van der Waals surface area contributed by atoms with Gasteiger partial charge in [-0.25, -0.2) is 4.39 Å². The van der Waals surface area contributed by atoms with E-state index in [0.717, 1.165) is 5.56 Å². The number of benzene rings is 1. The van der Waals surface area contributed by atoms with Crippen molar-refractivity contribution in [2.24, 2.45) is 11.7 Å². The van der Waals surface area contributed by atoms with Crippen LogP contribution in [0.15, 0.2) is 18.2 Å². The van der Waals surface area contributed by atoms with Gasteiger partial charge in [-0.2, -0.15) is 0 Å². The Morgan fingerprint density at radius 1 is 1.60 bits per heavy atom. The van der Waals surface area contributed by atoms with Crippen LogP contribution in [0.4, 0.5) is 4.39 Å². The van der Waals surface area contributed by atoms with Crippen molar-refractivity contribution < 1.29 is 13.9 Å². The maximum absolute atomic E-state index is 13.0. The summed E-state index contributed by atoms with van der Waals surface area (Å²) in [6, 6.07) is 4.52. The van der Waals surface area contributed by atoms with Crippen molar-refractivity contribution in [3.8, 4) is 5.75 Å². The molecule has 0 aliphatic rings. The fourth-order valence-electron chi connectivity index (χ4n) is 1.29. The van der Waals surface area contributed by atoms with E-state index in [1.165, 1.54) is 13.2 Å². The normalized spacial score (nSPS) is 12.2. The number of halogens is 1. The second kappa shape index (κ2) is 4.77. The molecule has 1 rings (SSSR count). The minimum Gasteiger partial charge on any atom is -0.494 e. The molecule has 0 radical (unpaired) electrons. The molecule has 15 heavy (non-hydrogen) atoms. The molecule has 0 aliphatic heterocycles. The average molecular weight is 211 g/mol. The first-order valence-electron chi connectivity index (χ1n) is 4.66. The average Bonchev–Trinajstić information content (AvgIpc) is 2.20. The lowest BCUT2D eigenvalue weighted by atomic mass is 10.0. The van der Waals surface area contributed by atoms with Gasteiger partial charge in [0.2, 0.25) is 5.91 Å². The molecular formula is C11H14FNO2. The summed E-state index contributed by atoms with van der Waals surface area (Å²) >= 11 is 0. The minimum absolute atomic E-state index is 0.184. The summed E-state index contributed by atoms with van der Waals surface area (Å²) in [7, 11) is 1.40. The van der Waals surface area contributed by atoms with Crippen molar-refractivity contribution >= 4 is 5.91 Å². The van der Waals surface area contributed by atoms with E-state index in [4.69, 9.17) is 10.5 Å². The molecule has 1 aromatic rings. The third-order valence-corrected chi connectivity index (χ3v) is 2.24. The van der Waals surface area contributed by atoms with Crippen molar-refractivity contribution in [3.05, 3.63) is 29.6 Å². The van der Waals surface area contributed by atoms with Crippen LogP contribution >= 0.6 is 0 Å². The van der Waals surface area contributed by atoms with Gasteiger partial charge in [-0.3, -0.25) is 4.79 Å². The smallest absolute Gasteiger partial charge is 0.220 e. The fraction of sp³-hybridized carbons (Fsp3) is 0.364. The Kier molecular flexibility index (Phi) is 3.66. The molecule has 0 saturated heterocycles. The van der Waals surface area contributed by atoms with Crippen molar-refractivity contribution in [2.75, 3.05) is 7.11 Å². The van der Waals surface area contributed by atoms with Crippen LogP contribution in [0, 0.1) is 11.7 Å². The summed E-state index contributed by atoms with van der Waals surface area (Å²) in [5.41, 5.74) is 5.97. The molecule has 4 heteroatoms. The van der Waals surface area contributed by atoms with Gasteiger partial charge >= 0.3 is 0 Å². The van der Waals surface area contributed by atoms with E-state index in [-0.39, 0.29) is 17.6 Å². The highest BCUT2D eigenvalue weighted by Gasteiger charge is 2.11. The summed E-state index contributed by atoms with van der Waals surface area (Å²) in [4.78, 5) is 10.8. The maximum atomic E-state index is 13.0. The van der Waals surface area contributed by atoms with Gasteiger partial charge in [0.25, 0.3) is 0 Å². The number of primary amides is 1. The van der Waals surface area contributed by atoms with Gasteiger partial charge in [-0.1, -0.05) is 13.0 Å². The van der Waals surface area contributed by atoms with Crippen molar-refractivity contribution in [3.63, 3.8) is 0 Å². The van der Waals surface area contributed by atoms with E-state index in [2.05, 4.69) is 0 Å². The second-order valence-corrected chi connectivity index (χ2v) is 3.48. The Hall–Kier alpha value is -1.58. The first kappa shape index (κ1) is 11.5. The standard InChI is InChI=1S/C11H14FNO2/c1-7(11(13)14)5-8-3-4-9(12)10(6-8)15-2/h3-4,6-7H,5H2,1-2H3,(H2,13,14). The molecule has 1 unspecified atom stereocenters. The molecule has 2 N–H and O–H groups in total. The molecule has 0 aliphatic carbocycles. The topological polar surface area (TPSA) is 52.3 Å². The number of carbonyl (C=O) groups excluding carboxylic acids is 1. The van der Waals surface area contributed by atoms with Crippen LogP contribution in [0.1, 0.15) is 12.5 Å². The number of ether oxygens (including phenoxy) is 1. The Bertz CT molecular complexity index is 366. The first-order chi connectivity index (χ1) is 7.04. The largest absolute Gasteiger partial charge is 0.494 e. The van der Waals surface area contributed by atoms with Crippen LogP contribution in [0.5, 0.6) is 5.75 Å². The van der Waals surface area contributed by atoms with Crippen LogP contribution in [0.25, 0.3) is 0 Å². The third kappa shape index (κ3) is 2.94. The van der Waals surface area contributed by atoms with E-state index in [9.17, 15) is 9.18 Å². The Labute approximate surface area is 88.0 Å². The third-order valence-electron chi connectivity index (χ3n) is 2.24. The molecule has 0 heterocycles. The summed E-state index contributed by atoms with van der Waals surface area (Å²) in [6.45, 7) is 1.73. The molecule has 0 fully saturated rings. The van der Waals surface area contributed by atoms with E-state index in [1.807, 2.05) is 0 Å². The van der Waals surface area contributed by atoms with E-state index < -0.39 is 5.82 Å². The van der Waals surface area contributed by atoms with Crippen LogP contribution in [-0.2, 0) is 11.2 Å². The lowest BCUT2D eigenvalue weighted by molar-refractivity contribution is -0.121. The number of carbonyl (C=O) groups is 1. The molecule has 1 aromatic carbocycles. The van der Waals surface area contributed by atoms with Crippen LogP contribution in [-0.4, -0.2) is 13.0 Å². The van der Waals surface area contributed by atoms with Gasteiger partial charge in [0.05, 0.1) is 7.11 Å². The molecule has 3 nitrogen and oxygen atoms in total. The predicted molar refractivity (Wildman–Crippen MR) is 55.0 cm³/mol. The van der Waals surface area contributed by atoms with Gasteiger partial charge in [0, 0.05) is 5.92 Å². The Morgan fingerprint density at radius 2 is 2.27 bits per heavy atom. The van der Waals surface area contributed by atoms with Crippen LogP contribution < -0.4 is 10.5 Å². The molecule has 1 amide bonds. The number of hydrogen-bond donors (Lipinski definition) is 1. The molecule has 82 valence electrons. The Balaban J connectivity index is 2.83. The fourth-order valence-corrected chi connectivity index (χ4v) is 1.29. The SMILES string of the molecule is COc1cc(CC(C)C(N)=O)ccc1F. The summed E-state index contributed by atoms with van der Waals surface area (Å²) < 4.78 is 17.9. The zero-order chi connectivity index (χ0) is 11.4. The summed E-state index contributed by atoms with van der Waals surface area (Å²) in [5, 5.41) is 0. The minimum atomic E-state index is -0.409. The quantitative estimate of drug-likeness (QED) is 0.820. The molecule has 0 spiro atoms. The predicted octanol–water partition coefficient (Wildman–Crippen LogP) is 1.50. The van der Waals surface area contributed by atoms with Gasteiger partial charge in [0.1, 0.15) is 0 Å². The number of methoxy groups -OCH3 is 1. The highest BCUT2D eigenvalue weighted by atomic mass is 19.1. The highest BCUT2D eigenvalue weighted by molar-refractivity contribution is 5.76. The maximum Gasteiger partial charge on any atom is 0.220 e. The molecule has 0 bridgehead atoms. The van der Waals surface area contributed by atoms with E-state index >= 15 is 0 Å². The zero-order valence-electron chi connectivity index (χ0n) is 8.79. The first-order valence-corrected chi connectivity index (χ1v) is 4.66. The van der Waals surface area contributed by atoms with Crippen molar-refractivity contribution in [1.82, 2.24) is 0 Å². The summed E-state index contributed by atoms with van der Waals surface area (Å²) in [6.07, 6.45) is 0.492. The molecular weight excluding hydrogens is 197 g/mol. The number of nitrogens with two attached hydrogens (primary N) is 1. The monoisotopic (exact) mass is 211 g/mol. The highest BCUT2D eigenvalue weighted by Crippen LogP contribution is 2.20. The summed E-state index contributed by atoms with van der Waals surface area (Å²) in [5.74, 6) is -0.851. The van der Waals surface area contributed by atoms with Gasteiger partial charge in [0.15, 0.2) is 11.6 Å². The van der Waals surface area contributed by atoms with Crippen molar-refractivity contribution in [2.45, 2.75) is 13.3 Å². The Morgan fingerprint density at radius 3 is 2.80 bits per heavy atom. The second-order valence-electron chi connectivity index (χ2n) is 3.48. The van der Waals surface area contributed by atoms with Gasteiger partial charge in [-0.05, 0) is 24.1 Å². The van der Waals surface area contributed by atoms with Gasteiger partial charge in [-0.15, -0.1) is 0 Å². The number of hydrogen-bond acceptors (Lipinski definition) is 2. The number of rotatable bonds is 4. The van der Waals surface area contributed by atoms with Gasteiger partial charge < -0.3 is 10.5 Å². The van der Waals surface area contributed by atoms with E-state index in [0.29, 0.717) is 6.42 Å². The number of amides is 1. The van der Waals surface area contributed by atoms with Crippen LogP contribution in [0.3, 0.4) is 0 Å².